The molecule has 0 saturated carbocycles. The number of guanidine groups is 3. The van der Waals surface area contributed by atoms with Gasteiger partial charge in [0.15, 0.2) is 17.9 Å². The third-order valence-corrected chi connectivity index (χ3v) is 16.0. The standard InChI is InChI=1S/C54H84N18O11.C9H19NO2S/c1-31(2)25-38(45(76)68-37(51(82)83)19-11-23-64-54(60)61)69-47(78)40(27-33-15-7-4-8-16-33)70-46(77)39(26-32-13-5-3-6-14-32)66-43(74)29-65-48(79)42-28-34(73)30-72(42)50(81)41-20-12-24-71(41)49(80)36(18-10-22-63-53(58)59)67-44(75)35(55)17-9-21-62-52(56)57;1-2-3-4-5-6-10-8(7-13)9(11)12/h3-8,13-16,31,34-42,73H,9-12,17-30,55H2,1-2H3,(H,65,79)(H,66,74)(H,67,75)(H,68,76)(H,69,78)(H,70,77)(H,82,83)(H4,56,57,62)(H4,58,59,63)(H4,60,61,64);8,10,13H,2-7H2,1H3,(H,11,12)/t34-,35+,36-,37?,38-,39-,40+,41-,42-;/m0./s1. The van der Waals surface area contributed by atoms with E-state index in [9.17, 15) is 58.2 Å². The smallest absolute Gasteiger partial charge is 0.326 e. The zero-order chi connectivity index (χ0) is 71.3. The van der Waals surface area contributed by atoms with Gasteiger partial charge in [0.25, 0.3) is 0 Å². The molecular weight excluding hydrogens is 1260 g/mol. The normalized spacial score (nSPS) is 17.1. The van der Waals surface area contributed by atoms with E-state index in [4.69, 9.17) is 45.2 Å². The molecular formula is C63H103N19O13S. The molecule has 96 heavy (non-hydrogen) atoms. The van der Waals surface area contributed by atoms with Crippen molar-refractivity contribution in [2.45, 2.75) is 184 Å². The molecule has 32 nitrogen and oxygen atoms in total. The van der Waals surface area contributed by atoms with E-state index in [0.29, 0.717) is 29.7 Å². The number of carbonyl (C=O) groups excluding carboxylic acids is 8. The molecule has 33 heteroatoms. The number of amides is 8. The highest BCUT2D eigenvalue weighted by atomic mass is 32.1. The number of aliphatic hydroxyl groups is 1. The van der Waals surface area contributed by atoms with Crippen molar-refractivity contribution in [3.8, 4) is 0 Å². The fraction of sp³-hybridized carbons (Fsp3) is 0.603. The minimum Gasteiger partial charge on any atom is -0.480 e. The average Bonchev–Trinajstić information content (AvgIpc) is 1.62. The largest absolute Gasteiger partial charge is 0.480 e. The van der Waals surface area contributed by atoms with Crippen LogP contribution in [0, 0.1) is 5.92 Å². The lowest BCUT2D eigenvalue weighted by Gasteiger charge is -2.33. The van der Waals surface area contributed by atoms with Crippen LogP contribution < -0.4 is 77.4 Å². The molecule has 2 aromatic rings. The van der Waals surface area contributed by atoms with E-state index in [1.165, 1.54) is 24.2 Å². The number of carboxylic acid groups (broad SMARTS) is 2. The Bertz CT molecular complexity index is 2900. The van der Waals surface area contributed by atoms with Crippen LogP contribution in [0.4, 0.5) is 0 Å². The molecule has 2 aliphatic heterocycles. The van der Waals surface area contributed by atoms with Gasteiger partial charge in [0, 0.05) is 57.7 Å². The number of aliphatic carboxylic acids is 2. The number of aliphatic hydroxyl groups excluding tert-OH is 1. The monoisotopic (exact) mass is 1370 g/mol. The van der Waals surface area contributed by atoms with E-state index in [1.54, 1.807) is 60.7 Å². The van der Waals surface area contributed by atoms with Gasteiger partial charge in [0.2, 0.25) is 47.3 Å². The van der Waals surface area contributed by atoms with Gasteiger partial charge in [0.1, 0.15) is 48.3 Å². The van der Waals surface area contributed by atoms with Crippen LogP contribution in [0.3, 0.4) is 0 Å². The summed E-state index contributed by atoms with van der Waals surface area (Å²) in [5, 5.41) is 48.2. The Balaban J connectivity index is 0.00000166. The van der Waals surface area contributed by atoms with Crippen LogP contribution in [-0.4, -0.2) is 214 Å². The summed E-state index contributed by atoms with van der Waals surface area (Å²) in [7, 11) is 0. The van der Waals surface area contributed by atoms with Crippen molar-refractivity contribution in [1.29, 1.82) is 0 Å². The van der Waals surface area contributed by atoms with Crippen LogP contribution in [-0.2, 0) is 60.8 Å². The molecule has 24 N–H and O–H groups in total. The molecule has 0 spiro atoms. The predicted octanol–water partition coefficient (Wildman–Crippen LogP) is -2.88. The second kappa shape index (κ2) is 44.0. The third-order valence-electron chi connectivity index (χ3n) is 15.6. The Kier molecular flexibility index (Phi) is 37.3. The second-order valence-electron chi connectivity index (χ2n) is 24.1. The molecule has 4 rings (SSSR count). The number of carbonyl (C=O) groups is 10. The number of benzene rings is 2. The van der Waals surface area contributed by atoms with E-state index in [0.717, 1.165) is 17.9 Å². The van der Waals surface area contributed by atoms with Gasteiger partial charge in [-0.1, -0.05) is 101 Å². The van der Waals surface area contributed by atoms with Crippen molar-refractivity contribution in [2.24, 2.45) is 61.0 Å². The van der Waals surface area contributed by atoms with Gasteiger partial charge in [-0.15, -0.1) is 0 Å². The molecule has 10 atom stereocenters. The maximum Gasteiger partial charge on any atom is 0.326 e. The number of nitrogens with one attached hydrogen (secondary N) is 7. The number of rotatable bonds is 41. The van der Waals surface area contributed by atoms with Gasteiger partial charge in [-0.3, -0.25) is 58.1 Å². The van der Waals surface area contributed by atoms with Crippen molar-refractivity contribution in [3.05, 3.63) is 71.8 Å². The van der Waals surface area contributed by atoms with E-state index in [1.807, 2.05) is 13.8 Å². The predicted molar refractivity (Wildman–Crippen MR) is 366 cm³/mol. The number of hydrogen-bond donors (Lipinski definition) is 18. The van der Waals surface area contributed by atoms with E-state index >= 15 is 0 Å². The van der Waals surface area contributed by atoms with Gasteiger partial charge in [-0.25, -0.2) is 4.79 Å². The number of carboxylic acids is 2. The summed E-state index contributed by atoms with van der Waals surface area (Å²) in [6.07, 6.45) is 4.99. The van der Waals surface area contributed by atoms with Crippen molar-refractivity contribution >= 4 is 89.7 Å². The Morgan fingerprint density at radius 2 is 1.08 bits per heavy atom. The van der Waals surface area contributed by atoms with Crippen molar-refractivity contribution in [1.82, 2.24) is 47.0 Å². The van der Waals surface area contributed by atoms with Gasteiger partial charge >= 0.3 is 11.9 Å². The lowest BCUT2D eigenvalue weighted by Crippen LogP contribution is -2.59. The molecule has 2 aromatic carbocycles. The van der Waals surface area contributed by atoms with E-state index < -0.39 is 126 Å². The summed E-state index contributed by atoms with van der Waals surface area (Å²) in [5.41, 5.74) is 39.9. The summed E-state index contributed by atoms with van der Waals surface area (Å²) in [5.74, 6) is -8.20. The molecule has 0 aliphatic carbocycles. The zero-order valence-corrected chi connectivity index (χ0v) is 56.1. The summed E-state index contributed by atoms with van der Waals surface area (Å²) in [6.45, 7) is 6.22. The number of hydrogen-bond acceptors (Lipinski definition) is 17. The number of nitrogens with zero attached hydrogens (tertiary/aromatic N) is 5. The second-order valence-corrected chi connectivity index (χ2v) is 24.4. The highest BCUT2D eigenvalue weighted by molar-refractivity contribution is 7.80. The maximum absolute atomic E-state index is 14.4. The number of nitrogens with two attached hydrogens (primary N) is 7. The number of β-amino-alcohol motifs (C(OH)–C–C–N with tert-alkyl or cyclic N) is 1. The lowest BCUT2D eigenvalue weighted by atomic mass is 9.99. The van der Waals surface area contributed by atoms with Crippen LogP contribution in [0.5, 0.6) is 0 Å². The highest BCUT2D eigenvalue weighted by Crippen LogP contribution is 2.27. The average molecular weight is 1370 g/mol. The fourth-order valence-electron chi connectivity index (χ4n) is 10.7. The topological polar surface area (TPSA) is 541 Å². The molecule has 0 aromatic heterocycles. The van der Waals surface area contributed by atoms with Gasteiger partial charge in [-0.05, 0) is 87.8 Å². The Morgan fingerprint density at radius 3 is 1.59 bits per heavy atom. The SMILES string of the molecule is CC(C)C[C@H](NC(=O)[C@@H](Cc1ccccc1)NC(=O)[C@H](Cc1ccccc1)NC(=O)CNC(=O)[C@@H]1C[C@H](O)CN1C(=O)[C@@H]1CCCN1C(=O)[C@H](CCCN=C(N)N)NC(=O)[C@H](N)CCCN=C(N)N)C(=O)NC(CCCN=C(N)N)C(=O)O.CCCCCCNC(CS)C(=O)O. The van der Waals surface area contributed by atoms with Crippen molar-refractivity contribution in [3.63, 3.8) is 0 Å². The molecule has 0 radical (unpaired) electrons. The molecule has 8 amide bonds. The third kappa shape index (κ3) is 30.7. The quantitative estimate of drug-likeness (QED) is 0.0138. The minimum atomic E-state index is -1.35. The summed E-state index contributed by atoms with van der Waals surface area (Å²) < 4.78 is 0. The van der Waals surface area contributed by atoms with Crippen LogP contribution in [0.2, 0.25) is 0 Å². The van der Waals surface area contributed by atoms with Crippen molar-refractivity contribution in [2.75, 3.05) is 51.6 Å². The summed E-state index contributed by atoms with van der Waals surface area (Å²) >= 11 is 3.96. The molecule has 2 fully saturated rings. The molecule has 534 valence electrons. The first kappa shape index (κ1) is 81.4. The first-order valence-electron chi connectivity index (χ1n) is 32.5. The molecule has 0 bridgehead atoms. The number of aliphatic imine (C=N–C) groups is 3. The number of thiol groups is 1. The van der Waals surface area contributed by atoms with E-state index in [2.05, 4.69) is 71.7 Å². The fourth-order valence-corrected chi connectivity index (χ4v) is 10.9. The Labute approximate surface area is 566 Å². The zero-order valence-electron chi connectivity index (χ0n) is 55.2. The van der Waals surface area contributed by atoms with Gasteiger partial charge < -0.3 is 102 Å². The summed E-state index contributed by atoms with van der Waals surface area (Å²) in [4.78, 5) is 149. The highest BCUT2D eigenvalue weighted by Gasteiger charge is 2.46. The number of unbranched alkanes of at least 4 members (excludes halogenated alkanes) is 3. The van der Waals surface area contributed by atoms with E-state index in [-0.39, 0.29) is 121 Å². The lowest BCUT2D eigenvalue weighted by molar-refractivity contribution is -0.148. The van der Waals surface area contributed by atoms with Crippen LogP contribution in [0.1, 0.15) is 122 Å². The van der Waals surface area contributed by atoms with Crippen LogP contribution in [0.15, 0.2) is 75.6 Å². The first-order chi connectivity index (χ1) is 45.6. The molecule has 2 unspecified atom stereocenters. The van der Waals surface area contributed by atoms with Gasteiger partial charge in [0.05, 0.1) is 18.7 Å². The Hall–Kier alpha value is -8.82. The number of likely N-dealkylation sites (tertiary alicyclic amines) is 2. The van der Waals surface area contributed by atoms with Crippen LogP contribution >= 0.6 is 12.6 Å². The van der Waals surface area contributed by atoms with Crippen LogP contribution in [0.25, 0.3) is 0 Å². The maximum atomic E-state index is 14.4. The minimum absolute atomic E-state index is 0.0187. The molecule has 2 aliphatic rings. The van der Waals surface area contributed by atoms with Crippen molar-refractivity contribution < 1.29 is 63.3 Å². The van der Waals surface area contributed by atoms with Gasteiger partial charge in [-0.2, -0.15) is 12.6 Å². The first-order valence-corrected chi connectivity index (χ1v) is 33.2. The Morgan fingerprint density at radius 1 is 0.594 bits per heavy atom. The molecule has 2 saturated heterocycles. The summed E-state index contributed by atoms with van der Waals surface area (Å²) in [6, 6.07) is 7.09. The molecule has 2 heterocycles.